The summed E-state index contributed by atoms with van der Waals surface area (Å²) >= 11 is 0. The summed E-state index contributed by atoms with van der Waals surface area (Å²) in [5, 5.41) is 1.82. The van der Waals surface area contributed by atoms with E-state index in [1.54, 1.807) is 6.07 Å². The molecule has 0 aliphatic rings. The minimum Gasteiger partial charge on any atom is -0.382 e. The van der Waals surface area contributed by atoms with Crippen molar-refractivity contribution in [1.82, 2.24) is 0 Å². The van der Waals surface area contributed by atoms with Gasteiger partial charge in [-0.3, -0.25) is 0 Å². The second-order valence-corrected chi connectivity index (χ2v) is 8.34. The lowest BCUT2D eigenvalue weighted by atomic mass is 10.1. The molecule has 0 saturated carbocycles. The van der Waals surface area contributed by atoms with Gasteiger partial charge in [-0.05, 0) is 17.9 Å². The highest BCUT2D eigenvalue weighted by atomic mass is 32.2. The third-order valence-corrected chi connectivity index (χ3v) is 5.69. The van der Waals surface area contributed by atoms with Gasteiger partial charge in [0.2, 0.25) is 0 Å². The molecule has 0 atom stereocenters. The smallest absolute Gasteiger partial charge is 0.316 e. The molecule has 0 fully saturated rings. The summed E-state index contributed by atoms with van der Waals surface area (Å²) < 4.78 is 29.8. The molecule has 3 nitrogen and oxygen atoms in total. The fourth-order valence-corrected chi connectivity index (χ4v) is 4.10. The first kappa shape index (κ1) is 23.3. The highest BCUT2D eigenvalue weighted by Crippen LogP contribution is 2.26. The minimum atomic E-state index is -3.53. The zero-order chi connectivity index (χ0) is 18.0. The molecule has 2 rings (SSSR count). The summed E-state index contributed by atoms with van der Waals surface area (Å²) in [7, 11) is -3.53. The Morgan fingerprint density at radius 3 is 2.04 bits per heavy atom. The van der Waals surface area contributed by atoms with Crippen molar-refractivity contribution in [2.24, 2.45) is 0 Å². The number of hydrogen-bond acceptors (Lipinski definition) is 3. The van der Waals surface area contributed by atoms with Crippen molar-refractivity contribution in [3.63, 3.8) is 0 Å². The van der Waals surface area contributed by atoms with E-state index >= 15 is 0 Å². The van der Waals surface area contributed by atoms with Crippen molar-refractivity contribution < 1.29 is 12.6 Å². The Hall–Kier alpha value is -0.784. The minimum absolute atomic E-state index is 0. The molecular formula is C21H32MgO3S. The molecular weight excluding hydrogens is 357 g/mol. The molecule has 0 N–H and O–H groups in total. The van der Waals surface area contributed by atoms with Crippen LogP contribution in [-0.2, 0) is 10.1 Å². The first-order valence-corrected chi connectivity index (χ1v) is 11.1. The zero-order valence-electron chi connectivity index (χ0n) is 15.2. The molecule has 0 unspecified atom stereocenters. The molecule has 26 heavy (non-hydrogen) atoms. The van der Waals surface area contributed by atoms with Crippen LogP contribution in [0.4, 0.5) is 0 Å². The molecule has 2 aromatic carbocycles. The molecule has 2 aromatic rings. The van der Waals surface area contributed by atoms with Gasteiger partial charge in [0.15, 0.2) is 0 Å². The maximum absolute atomic E-state index is 12.2. The van der Waals surface area contributed by atoms with Crippen molar-refractivity contribution in [2.45, 2.75) is 64.7 Å². The van der Waals surface area contributed by atoms with E-state index in [1.807, 2.05) is 36.4 Å². The van der Waals surface area contributed by atoms with Crippen LogP contribution in [0.3, 0.4) is 0 Å². The Labute approximate surface area is 174 Å². The van der Waals surface area contributed by atoms with E-state index in [2.05, 4.69) is 6.92 Å². The summed E-state index contributed by atoms with van der Waals surface area (Å²) in [4.78, 5) is 0. The monoisotopic (exact) mass is 388 g/mol. The van der Waals surface area contributed by atoms with Gasteiger partial charge in [-0.15, -0.1) is 0 Å². The Kier molecular flexibility index (Phi) is 11.2. The lowest BCUT2D eigenvalue weighted by Crippen LogP contribution is -2.14. The van der Waals surface area contributed by atoms with E-state index in [-0.39, 0.29) is 28.8 Å². The average molecular weight is 389 g/mol. The van der Waals surface area contributed by atoms with Gasteiger partial charge in [0.05, 0.1) is 5.75 Å². The molecule has 0 radical (unpaired) electrons. The van der Waals surface area contributed by atoms with Crippen LogP contribution in [0, 0.1) is 0 Å². The lowest BCUT2D eigenvalue weighted by molar-refractivity contribution is 0.484. The average Bonchev–Trinajstić information content (AvgIpc) is 2.60. The van der Waals surface area contributed by atoms with Gasteiger partial charge in [0.1, 0.15) is 5.75 Å². The highest BCUT2D eigenvalue weighted by Gasteiger charge is 2.14. The van der Waals surface area contributed by atoms with Gasteiger partial charge in [-0.1, -0.05) is 94.7 Å². The van der Waals surface area contributed by atoms with E-state index in [0.29, 0.717) is 12.2 Å². The predicted molar refractivity (Wildman–Crippen MR) is 114 cm³/mol. The lowest BCUT2D eigenvalue weighted by Gasteiger charge is -2.09. The fourth-order valence-electron chi connectivity index (χ4n) is 3.04. The largest absolute Gasteiger partial charge is 0.382 e. The summed E-state index contributed by atoms with van der Waals surface area (Å²) in [6.45, 7) is 2.22. The number of hydrogen-bond donors (Lipinski definition) is 0. The van der Waals surface area contributed by atoms with Crippen LogP contribution in [0.2, 0.25) is 0 Å². The predicted octanol–water partition coefficient (Wildman–Crippen LogP) is 5.16. The van der Waals surface area contributed by atoms with Gasteiger partial charge < -0.3 is 4.18 Å². The SMILES string of the molecule is CCCCCCCCCCCS(=O)(=O)Oc1cccc2ccccc12.[MgH2]. The number of unbranched alkanes of at least 4 members (excludes halogenated alkanes) is 8. The number of rotatable bonds is 12. The second kappa shape index (κ2) is 12.6. The van der Waals surface area contributed by atoms with Gasteiger partial charge in [-0.25, -0.2) is 0 Å². The zero-order valence-corrected chi connectivity index (χ0v) is 16.1. The van der Waals surface area contributed by atoms with Crippen molar-refractivity contribution in [3.05, 3.63) is 42.5 Å². The van der Waals surface area contributed by atoms with Crippen molar-refractivity contribution in [2.75, 3.05) is 5.75 Å². The van der Waals surface area contributed by atoms with Gasteiger partial charge in [-0.2, -0.15) is 8.42 Å². The van der Waals surface area contributed by atoms with E-state index in [4.69, 9.17) is 4.18 Å². The molecule has 0 bridgehead atoms. The van der Waals surface area contributed by atoms with Crippen LogP contribution < -0.4 is 4.18 Å². The first-order valence-electron chi connectivity index (χ1n) is 9.52. The van der Waals surface area contributed by atoms with Crippen LogP contribution in [0.1, 0.15) is 64.7 Å². The van der Waals surface area contributed by atoms with Crippen LogP contribution in [0.25, 0.3) is 10.8 Å². The van der Waals surface area contributed by atoms with Gasteiger partial charge >= 0.3 is 33.2 Å². The molecule has 0 aliphatic heterocycles. The maximum atomic E-state index is 12.2. The fraction of sp³-hybridized carbons (Fsp3) is 0.524. The molecule has 0 spiro atoms. The van der Waals surface area contributed by atoms with Crippen LogP contribution >= 0.6 is 0 Å². The topological polar surface area (TPSA) is 43.4 Å². The maximum Gasteiger partial charge on any atom is 0.316 e. The number of benzene rings is 2. The summed E-state index contributed by atoms with van der Waals surface area (Å²) in [5.41, 5.74) is 0. The summed E-state index contributed by atoms with van der Waals surface area (Å²) in [6, 6.07) is 13.2. The molecule has 142 valence electrons. The van der Waals surface area contributed by atoms with E-state index < -0.39 is 10.1 Å². The van der Waals surface area contributed by atoms with Crippen LogP contribution in [0.15, 0.2) is 42.5 Å². The third kappa shape index (κ3) is 8.27. The standard InChI is InChI=1S/C21H30O3S.Mg.2H/c1-2-3-4-5-6-7-8-9-12-18-25(22,23)24-21-17-13-15-19-14-10-11-16-20(19)21;;;/h10-11,13-17H,2-9,12,18H2,1H3;;;. The Morgan fingerprint density at radius 2 is 1.35 bits per heavy atom. The van der Waals surface area contributed by atoms with Gasteiger partial charge in [0.25, 0.3) is 0 Å². The summed E-state index contributed by atoms with van der Waals surface area (Å²) in [5.74, 6) is 0.514. The van der Waals surface area contributed by atoms with E-state index in [0.717, 1.165) is 23.6 Å². The highest BCUT2D eigenvalue weighted by molar-refractivity contribution is 7.87. The molecule has 0 aromatic heterocycles. The van der Waals surface area contributed by atoms with Crippen molar-refractivity contribution in [1.29, 1.82) is 0 Å². The molecule has 0 heterocycles. The molecule has 5 heteroatoms. The Balaban J connectivity index is 0.00000338. The molecule has 0 aliphatic carbocycles. The molecule has 0 amide bonds. The number of fused-ring (bicyclic) bond motifs is 1. The second-order valence-electron chi connectivity index (χ2n) is 6.65. The van der Waals surface area contributed by atoms with E-state index in [9.17, 15) is 8.42 Å². The first-order chi connectivity index (χ1) is 12.1. The Morgan fingerprint density at radius 1 is 0.769 bits per heavy atom. The Bertz CT molecular complexity index is 739. The summed E-state index contributed by atoms with van der Waals surface area (Å²) in [6.07, 6.45) is 10.4. The normalized spacial score (nSPS) is 11.3. The van der Waals surface area contributed by atoms with Crippen LogP contribution in [-0.4, -0.2) is 37.2 Å². The van der Waals surface area contributed by atoms with Crippen molar-refractivity contribution >= 4 is 43.9 Å². The van der Waals surface area contributed by atoms with Crippen molar-refractivity contribution in [3.8, 4) is 5.75 Å². The molecule has 0 saturated heterocycles. The van der Waals surface area contributed by atoms with E-state index in [1.165, 1.54) is 38.5 Å². The third-order valence-electron chi connectivity index (χ3n) is 4.46. The quantitative estimate of drug-likeness (QED) is 0.286. The van der Waals surface area contributed by atoms with Gasteiger partial charge in [0, 0.05) is 5.39 Å². The van der Waals surface area contributed by atoms with Crippen LogP contribution in [0.5, 0.6) is 5.75 Å².